The van der Waals surface area contributed by atoms with Crippen molar-refractivity contribution in [3.05, 3.63) is 12.3 Å². The summed E-state index contributed by atoms with van der Waals surface area (Å²) in [7, 11) is 0. The van der Waals surface area contributed by atoms with Gasteiger partial charge >= 0.3 is 0 Å². The predicted molar refractivity (Wildman–Crippen MR) is 58.8 cm³/mol. The molecular weight excluding hydrogens is 160 g/mol. The largest absolute Gasteiger partial charge is 0.502 e. The molecule has 0 aromatic heterocycles. The van der Waals surface area contributed by atoms with Crippen LogP contribution in [0.2, 0.25) is 0 Å². The Morgan fingerprint density at radius 3 is 2.31 bits per heavy atom. The molecule has 0 rings (SSSR count). The van der Waals surface area contributed by atoms with Gasteiger partial charge in [0.15, 0.2) is 0 Å². The van der Waals surface area contributed by atoms with Gasteiger partial charge in [-0.3, -0.25) is 0 Å². The second-order valence-corrected chi connectivity index (χ2v) is 3.38. The van der Waals surface area contributed by atoms with Gasteiger partial charge in [-0.05, 0) is 25.8 Å². The number of rotatable bonds is 9. The zero-order chi connectivity index (χ0) is 9.78. The number of ether oxygens (including phenoxy) is 1. The molecule has 0 saturated carbocycles. The molecule has 0 aromatic carbocycles. The lowest BCUT2D eigenvalue weighted by molar-refractivity contribution is 0.268. The fraction of sp³-hybridized carbons (Fsp3) is 0.833. The zero-order valence-electron chi connectivity index (χ0n) is 9.22. The molecule has 0 N–H and O–H groups in total. The molecule has 0 bridgehead atoms. The molecule has 1 heteroatoms. The second-order valence-electron chi connectivity index (χ2n) is 3.38. The van der Waals surface area contributed by atoms with Crippen LogP contribution < -0.4 is 0 Å². The zero-order valence-corrected chi connectivity index (χ0v) is 9.22. The molecule has 0 amide bonds. The first-order valence-corrected chi connectivity index (χ1v) is 5.68. The average molecular weight is 184 g/mol. The van der Waals surface area contributed by atoms with Crippen LogP contribution in [-0.4, -0.2) is 6.61 Å². The molecule has 0 unspecified atom stereocenters. The van der Waals surface area contributed by atoms with Crippen molar-refractivity contribution in [1.29, 1.82) is 0 Å². The maximum atomic E-state index is 5.10. The Bertz CT molecular complexity index is 108. The minimum Gasteiger partial charge on any atom is -0.502 e. The highest BCUT2D eigenvalue weighted by molar-refractivity contribution is 4.72. The van der Waals surface area contributed by atoms with Gasteiger partial charge in [0, 0.05) is 0 Å². The Balaban J connectivity index is 2.91. The topological polar surface area (TPSA) is 9.23 Å². The van der Waals surface area contributed by atoms with Crippen molar-refractivity contribution < 1.29 is 4.74 Å². The van der Waals surface area contributed by atoms with E-state index in [1.807, 2.05) is 13.2 Å². The summed E-state index contributed by atoms with van der Waals surface area (Å²) in [5.41, 5.74) is 0. The van der Waals surface area contributed by atoms with Crippen molar-refractivity contribution in [3.63, 3.8) is 0 Å². The first-order chi connectivity index (χ1) is 6.41. The van der Waals surface area contributed by atoms with E-state index in [-0.39, 0.29) is 0 Å². The lowest BCUT2D eigenvalue weighted by Crippen LogP contribution is -1.79. The van der Waals surface area contributed by atoms with Gasteiger partial charge in [-0.25, -0.2) is 0 Å². The Labute approximate surface area is 83.2 Å². The minimum absolute atomic E-state index is 0.785. The first kappa shape index (κ1) is 12.5. The summed E-state index contributed by atoms with van der Waals surface area (Å²) >= 11 is 0. The van der Waals surface area contributed by atoms with Crippen LogP contribution in [0.25, 0.3) is 0 Å². The second kappa shape index (κ2) is 11.5. The molecular formula is C12H24O. The molecule has 0 aromatic rings. The van der Waals surface area contributed by atoms with Crippen molar-refractivity contribution in [2.45, 2.75) is 58.8 Å². The lowest BCUT2D eigenvalue weighted by atomic mass is 10.1. The van der Waals surface area contributed by atoms with E-state index in [4.69, 9.17) is 4.74 Å². The standard InChI is InChI=1S/C12H24O/c1-3-5-6-7-8-9-10-11-12-13-4-2/h11-12H,3-10H2,1-2H3/b12-11-. The monoisotopic (exact) mass is 184 g/mol. The van der Waals surface area contributed by atoms with Crippen LogP contribution >= 0.6 is 0 Å². The van der Waals surface area contributed by atoms with E-state index in [0.29, 0.717) is 0 Å². The van der Waals surface area contributed by atoms with Crippen molar-refractivity contribution in [2.75, 3.05) is 6.61 Å². The van der Waals surface area contributed by atoms with Gasteiger partial charge in [0.1, 0.15) is 0 Å². The molecule has 0 aliphatic heterocycles. The van der Waals surface area contributed by atoms with E-state index in [0.717, 1.165) is 6.61 Å². The summed E-state index contributed by atoms with van der Waals surface area (Å²) in [5.74, 6) is 0. The van der Waals surface area contributed by atoms with Crippen LogP contribution in [0, 0.1) is 0 Å². The molecule has 0 saturated heterocycles. The van der Waals surface area contributed by atoms with E-state index in [1.165, 1.54) is 44.9 Å². The molecule has 0 spiro atoms. The summed E-state index contributed by atoms with van der Waals surface area (Å²) in [6, 6.07) is 0. The van der Waals surface area contributed by atoms with E-state index in [2.05, 4.69) is 13.0 Å². The first-order valence-electron chi connectivity index (χ1n) is 5.68. The minimum atomic E-state index is 0.785. The van der Waals surface area contributed by atoms with Gasteiger partial charge < -0.3 is 4.74 Å². The third-order valence-electron chi connectivity index (χ3n) is 2.08. The van der Waals surface area contributed by atoms with Crippen LogP contribution in [0.1, 0.15) is 58.8 Å². The van der Waals surface area contributed by atoms with Gasteiger partial charge in [0.2, 0.25) is 0 Å². The third kappa shape index (κ3) is 11.5. The summed E-state index contributed by atoms with van der Waals surface area (Å²) < 4.78 is 5.10. The van der Waals surface area contributed by atoms with E-state index in [1.54, 1.807) is 0 Å². The Morgan fingerprint density at radius 2 is 1.62 bits per heavy atom. The quantitative estimate of drug-likeness (QED) is 0.384. The van der Waals surface area contributed by atoms with Gasteiger partial charge in [-0.1, -0.05) is 39.0 Å². The highest BCUT2D eigenvalue weighted by Gasteiger charge is 1.87. The molecule has 0 aliphatic rings. The van der Waals surface area contributed by atoms with Crippen LogP contribution in [0.5, 0.6) is 0 Å². The lowest BCUT2D eigenvalue weighted by Gasteiger charge is -1.97. The summed E-state index contributed by atoms with van der Waals surface area (Å²) in [5, 5.41) is 0. The van der Waals surface area contributed by atoms with Gasteiger partial charge in [0.05, 0.1) is 12.9 Å². The van der Waals surface area contributed by atoms with Gasteiger partial charge in [-0.2, -0.15) is 0 Å². The maximum Gasteiger partial charge on any atom is 0.0845 e. The Hall–Kier alpha value is -0.460. The smallest absolute Gasteiger partial charge is 0.0845 e. The summed E-state index contributed by atoms with van der Waals surface area (Å²) in [4.78, 5) is 0. The van der Waals surface area contributed by atoms with Gasteiger partial charge in [0.25, 0.3) is 0 Å². The molecule has 78 valence electrons. The van der Waals surface area contributed by atoms with Crippen molar-refractivity contribution >= 4 is 0 Å². The predicted octanol–water partition coefficient (Wildman–Crippen LogP) is 4.29. The highest BCUT2D eigenvalue weighted by Crippen LogP contribution is 2.06. The summed E-state index contributed by atoms with van der Waals surface area (Å²) in [6.07, 6.45) is 13.4. The number of allylic oxidation sites excluding steroid dienone is 1. The number of hydrogen-bond donors (Lipinski definition) is 0. The molecule has 1 nitrogen and oxygen atoms in total. The SMILES string of the molecule is CCCCCCCC/C=C\OCC. The normalized spacial score (nSPS) is 10.9. The maximum absolute atomic E-state index is 5.10. The van der Waals surface area contributed by atoms with Crippen LogP contribution in [0.3, 0.4) is 0 Å². The summed E-state index contributed by atoms with van der Waals surface area (Å²) in [6.45, 7) is 5.05. The van der Waals surface area contributed by atoms with E-state index >= 15 is 0 Å². The van der Waals surface area contributed by atoms with Gasteiger partial charge in [-0.15, -0.1) is 0 Å². The molecule has 13 heavy (non-hydrogen) atoms. The van der Waals surface area contributed by atoms with Crippen molar-refractivity contribution in [2.24, 2.45) is 0 Å². The Morgan fingerprint density at radius 1 is 0.923 bits per heavy atom. The van der Waals surface area contributed by atoms with Crippen LogP contribution in [-0.2, 0) is 4.74 Å². The number of unbranched alkanes of at least 4 members (excludes halogenated alkanes) is 6. The fourth-order valence-electron chi connectivity index (χ4n) is 1.27. The molecule has 0 fully saturated rings. The van der Waals surface area contributed by atoms with E-state index in [9.17, 15) is 0 Å². The molecule has 0 atom stereocenters. The Kier molecular flexibility index (Phi) is 11.1. The van der Waals surface area contributed by atoms with Crippen molar-refractivity contribution in [3.8, 4) is 0 Å². The third-order valence-corrected chi connectivity index (χ3v) is 2.08. The number of hydrogen-bond acceptors (Lipinski definition) is 1. The molecule has 0 radical (unpaired) electrons. The highest BCUT2D eigenvalue weighted by atomic mass is 16.5. The van der Waals surface area contributed by atoms with E-state index < -0.39 is 0 Å². The van der Waals surface area contributed by atoms with Crippen LogP contribution in [0.15, 0.2) is 12.3 Å². The molecule has 0 aliphatic carbocycles. The average Bonchev–Trinajstić information content (AvgIpc) is 2.16. The van der Waals surface area contributed by atoms with Crippen molar-refractivity contribution in [1.82, 2.24) is 0 Å². The van der Waals surface area contributed by atoms with Crippen LogP contribution in [0.4, 0.5) is 0 Å². The fourth-order valence-corrected chi connectivity index (χ4v) is 1.27. The molecule has 0 heterocycles.